The van der Waals surface area contributed by atoms with Crippen molar-refractivity contribution in [3.8, 4) is 0 Å². The van der Waals surface area contributed by atoms with Crippen LogP contribution in [0, 0.1) is 0 Å². The first-order valence-corrected chi connectivity index (χ1v) is 4.49. The number of carbonyl (C=O) groups excluding carboxylic acids is 1. The lowest BCUT2D eigenvalue weighted by Gasteiger charge is -2.22. The van der Waals surface area contributed by atoms with E-state index in [0.717, 1.165) is 6.08 Å². The smallest absolute Gasteiger partial charge is 0.245 e. The quantitative estimate of drug-likeness (QED) is 0.451. The highest BCUT2D eigenvalue weighted by atomic mass is 16.7. The number of aliphatic hydroxyl groups is 1. The van der Waals surface area contributed by atoms with Crippen molar-refractivity contribution >= 4 is 5.91 Å². The van der Waals surface area contributed by atoms with Crippen LogP contribution < -0.4 is 5.32 Å². The lowest BCUT2D eigenvalue weighted by Crippen LogP contribution is -2.45. The number of rotatable bonds is 7. The highest BCUT2D eigenvalue weighted by molar-refractivity contribution is 5.86. The van der Waals surface area contributed by atoms with Crippen LogP contribution in [-0.4, -0.2) is 36.7 Å². The number of carbonyl (C=O) groups is 1. The number of nitrogens with one attached hydrogen (secondary N) is 1. The topological polar surface area (TPSA) is 67.8 Å². The molecule has 0 heterocycles. The van der Waals surface area contributed by atoms with Gasteiger partial charge in [-0.3, -0.25) is 4.79 Å². The molecule has 5 nitrogen and oxygen atoms in total. The molecular formula is C9H17NO4. The molecule has 0 spiro atoms. The van der Waals surface area contributed by atoms with Gasteiger partial charge in [-0.1, -0.05) is 6.58 Å². The number of ether oxygens (including phenoxy) is 2. The third kappa shape index (κ3) is 4.96. The second-order valence-corrected chi connectivity index (χ2v) is 2.44. The molecule has 0 aliphatic carbocycles. The summed E-state index contributed by atoms with van der Waals surface area (Å²) in [6, 6.07) is 0. The van der Waals surface area contributed by atoms with Gasteiger partial charge in [0.2, 0.25) is 12.2 Å². The standard InChI is InChI=1S/C9H17NO4/c1-4-7(11)10-8(12)9(13-5-2)14-6-3/h4,8-9,12H,1,5-6H2,2-3H3,(H,10,11). The normalized spacial score (nSPS) is 12.6. The van der Waals surface area contributed by atoms with Crippen molar-refractivity contribution in [1.29, 1.82) is 0 Å². The molecule has 82 valence electrons. The maximum absolute atomic E-state index is 10.8. The molecule has 14 heavy (non-hydrogen) atoms. The molecule has 1 amide bonds. The Bertz CT molecular complexity index is 178. The van der Waals surface area contributed by atoms with Gasteiger partial charge in [-0.15, -0.1) is 0 Å². The van der Waals surface area contributed by atoms with E-state index in [9.17, 15) is 9.90 Å². The number of hydrogen-bond acceptors (Lipinski definition) is 4. The molecule has 0 rings (SSSR count). The van der Waals surface area contributed by atoms with Crippen molar-refractivity contribution in [2.45, 2.75) is 26.4 Å². The Hall–Kier alpha value is -0.910. The first-order valence-electron chi connectivity index (χ1n) is 4.49. The van der Waals surface area contributed by atoms with Gasteiger partial charge >= 0.3 is 0 Å². The summed E-state index contributed by atoms with van der Waals surface area (Å²) in [5.74, 6) is -0.470. The van der Waals surface area contributed by atoms with Crippen LogP contribution in [0.1, 0.15) is 13.8 Å². The molecule has 0 radical (unpaired) electrons. The zero-order valence-corrected chi connectivity index (χ0v) is 8.53. The Labute approximate surface area is 83.7 Å². The van der Waals surface area contributed by atoms with Crippen molar-refractivity contribution < 1.29 is 19.4 Å². The summed E-state index contributed by atoms with van der Waals surface area (Å²) in [7, 11) is 0. The molecule has 0 bridgehead atoms. The van der Waals surface area contributed by atoms with Gasteiger partial charge in [0.05, 0.1) is 0 Å². The predicted molar refractivity (Wildman–Crippen MR) is 51.4 cm³/mol. The van der Waals surface area contributed by atoms with Crippen molar-refractivity contribution in [2.24, 2.45) is 0 Å². The van der Waals surface area contributed by atoms with Crippen molar-refractivity contribution in [2.75, 3.05) is 13.2 Å². The summed E-state index contributed by atoms with van der Waals surface area (Å²) in [4.78, 5) is 10.8. The Balaban J connectivity index is 4.05. The third-order valence-corrected chi connectivity index (χ3v) is 1.40. The van der Waals surface area contributed by atoms with Crippen LogP contribution >= 0.6 is 0 Å². The van der Waals surface area contributed by atoms with Gasteiger partial charge < -0.3 is 19.9 Å². The molecule has 0 fully saturated rings. The van der Waals surface area contributed by atoms with Gasteiger partial charge in [-0.05, 0) is 19.9 Å². The fourth-order valence-electron chi connectivity index (χ4n) is 0.832. The van der Waals surface area contributed by atoms with Crippen LogP contribution in [0.4, 0.5) is 0 Å². The van der Waals surface area contributed by atoms with Crippen LogP contribution in [-0.2, 0) is 14.3 Å². The molecule has 0 aliphatic rings. The molecule has 1 unspecified atom stereocenters. The summed E-state index contributed by atoms with van der Waals surface area (Å²) >= 11 is 0. The minimum Gasteiger partial charge on any atom is -0.369 e. The van der Waals surface area contributed by atoms with E-state index >= 15 is 0 Å². The summed E-state index contributed by atoms with van der Waals surface area (Å²) in [6.07, 6.45) is -0.952. The Kier molecular flexibility index (Phi) is 7.00. The minimum atomic E-state index is -1.18. The number of amides is 1. The van der Waals surface area contributed by atoms with Gasteiger partial charge in [0, 0.05) is 13.2 Å². The van der Waals surface area contributed by atoms with E-state index in [2.05, 4.69) is 11.9 Å². The summed E-state index contributed by atoms with van der Waals surface area (Å²) < 4.78 is 10.1. The second-order valence-electron chi connectivity index (χ2n) is 2.44. The van der Waals surface area contributed by atoms with E-state index in [0.29, 0.717) is 13.2 Å². The summed E-state index contributed by atoms with van der Waals surface area (Å²) in [5.41, 5.74) is 0. The monoisotopic (exact) mass is 203 g/mol. The predicted octanol–water partition coefficient (Wildman–Crippen LogP) is 0.00610. The van der Waals surface area contributed by atoms with Crippen LogP contribution in [0.3, 0.4) is 0 Å². The van der Waals surface area contributed by atoms with Gasteiger partial charge in [-0.2, -0.15) is 0 Å². The Morgan fingerprint density at radius 3 is 2.36 bits per heavy atom. The zero-order valence-electron chi connectivity index (χ0n) is 8.53. The van der Waals surface area contributed by atoms with E-state index < -0.39 is 18.4 Å². The largest absolute Gasteiger partial charge is 0.369 e. The van der Waals surface area contributed by atoms with E-state index in [4.69, 9.17) is 9.47 Å². The van der Waals surface area contributed by atoms with Crippen LogP contribution in [0.15, 0.2) is 12.7 Å². The van der Waals surface area contributed by atoms with Crippen molar-refractivity contribution in [3.05, 3.63) is 12.7 Å². The molecule has 0 saturated heterocycles. The average molecular weight is 203 g/mol. The highest BCUT2D eigenvalue weighted by Gasteiger charge is 2.20. The van der Waals surface area contributed by atoms with E-state index in [1.54, 1.807) is 13.8 Å². The van der Waals surface area contributed by atoms with E-state index in [1.807, 2.05) is 0 Å². The molecular weight excluding hydrogens is 186 g/mol. The van der Waals surface area contributed by atoms with Gasteiger partial charge in [0.1, 0.15) is 0 Å². The number of aliphatic hydroxyl groups excluding tert-OH is 1. The highest BCUT2D eigenvalue weighted by Crippen LogP contribution is 1.99. The van der Waals surface area contributed by atoms with Crippen LogP contribution in [0.2, 0.25) is 0 Å². The second kappa shape index (κ2) is 7.49. The van der Waals surface area contributed by atoms with Crippen LogP contribution in [0.25, 0.3) is 0 Å². The molecule has 0 aromatic heterocycles. The van der Waals surface area contributed by atoms with Crippen LogP contribution in [0.5, 0.6) is 0 Å². The van der Waals surface area contributed by atoms with Crippen molar-refractivity contribution in [3.63, 3.8) is 0 Å². The van der Waals surface area contributed by atoms with Gasteiger partial charge in [-0.25, -0.2) is 0 Å². The Morgan fingerprint density at radius 1 is 1.50 bits per heavy atom. The summed E-state index contributed by atoms with van der Waals surface area (Å²) in [5, 5.41) is 11.7. The lowest BCUT2D eigenvalue weighted by atomic mass is 10.4. The molecule has 0 saturated carbocycles. The maximum atomic E-state index is 10.8. The minimum absolute atomic E-state index is 0.395. The molecule has 0 aromatic rings. The molecule has 0 aliphatic heterocycles. The number of hydrogen-bond donors (Lipinski definition) is 2. The Morgan fingerprint density at radius 2 is 2.00 bits per heavy atom. The van der Waals surface area contributed by atoms with Gasteiger partial charge in [0.15, 0.2) is 6.23 Å². The third-order valence-electron chi connectivity index (χ3n) is 1.40. The molecule has 1 atom stereocenters. The average Bonchev–Trinajstić information content (AvgIpc) is 2.17. The zero-order chi connectivity index (χ0) is 11.0. The van der Waals surface area contributed by atoms with Gasteiger partial charge in [0.25, 0.3) is 0 Å². The van der Waals surface area contributed by atoms with E-state index in [-0.39, 0.29) is 0 Å². The SMILES string of the molecule is C=CC(=O)NC(O)C(OCC)OCC. The molecule has 0 aromatic carbocycles. The maximum Gasteiger partial charge on any atom is 0.245 e. The molecule has 5 heteroatoms. The first kappa shape index (κ1) is 13.1. The van der Waals surface area contributed by atoms with E-state index in [1.165, 1.54) is 0 Å². The lowest BCUT2D eigenvalue weighted by molar-refractivity contribution is -0.197. The molecule has 2 N–H and O–H groups in total. The fourth-order valence-corrected chi connectivity index (χ4v) is 0.832. The fraction of sp³-hybridized carbons (Fsp3) is 0.667. The van der Waals surface area contributed by atoms with Crippen molar-refractivity contribution in [1.82, 2.24) is 5.32 Å². The first-order chi connectivity index (χ1) is 6.65. The summed E-state index contributed by atoms with van der Waals surface area (Å²) in [6.45, 7) is 7.59.